The van der Waals surface area contributed by atoms with E-state index in [0.717, 1.165) is 17.1 Å². The molecule has 0 spiro atoms. The average molecular weight is 471 g/mol. The highest BCUT2D eigenvalue weighted by Crippen LogP contribution is 2.30. The molecule has 0 fully saturated rings. The summed E-state index contributed by atoms with van der Waals surface area (Å²) in [5, 5.41) is 13.4. The van der Waals surface area contributed by atoms with Crippen molar-refractivity contribution in [3.63, 3.8) is 0 Å². The summed E-state index contributed by atoms with van der Waals surface area (Å²) >= 11 is 1.31. The largest absolute Gasteiger partial charge is 0.272 e. The highest BCUT2D eigenvalue weighted by molar-refractivity contribution is 7.99. The number of benzene rings is 2. The topological polar surface area (TPSA) is 85.1 Å². The Balaban J connectivity index is 1.53. The number of carbonyl (C=O) groups is 1. The fourth-order valence-corrected chi connectivity index (χ4v) is 4.01. The van der Waals surface area contributed by atoms with Crippen LogP contribution in [-0.2, 0) is 10.2 Å². The van der Waals surface area contributed by atoms with Crippen LogP contribution in [0.25, 0.3) is 17.1 Å². The predicted molar refractivity (Wildman–Crippen MR) is 136 cm³/mol. The number of hydrogen-bond donors (Lipinski definition) is 1. The number of carbonyl (C=O) groups excluding carboxylic acids is 1. The van der Waals surface area contributed by atoms with E-state index in [1.165, 1.54) is 23.5 Å². The maximum absolute atomic E-state index is 12.3. The van der Waals surface area contributed by atoms with Crippen molar-refractivity contribution in [1.29, 1.82) is 0 Å². The Morgan fingerprint density at radius 3 is 2.41 bits per heavy atom. The van der Waals surface area contributed by atoms with Crippen molar-refractivity contribution in [1.82, 2.24) is 25.2 Å². The summed E-state index contributed by atoms with van der Waals surface area (Å²) in [6.45, 7) is 6.57. The monoisotopic (exact) mass is 470 g/mol. The second-order valence-electron chi connectivity index (χ2n) is 8.64. The molecule has 7 nitrogen and oxygen atoms in total. The average Bonchev–Trinajstić information content (AvgIpc) is 3.27. The van der Waals surface area contributed by atoms with Crippen LogP contribution in [0.3, 0.4) is 0 Å². The van der Waals surface area contributed by atoms with E-state index in [2.05, 4.69) is 70.7 Å². The first-order valence-electron chi connectivity index (χ1n) is 10.9. The SMILES string of the molecule is CC(C)(C)c1ccc(-c2nnc(SCC(=O)N/N=C\c3ccccn3)n2-c2ccccc2)cc1. The maximum Gasteiger partial charge on any atom is 0.250 e. The first-order chi connectivity index (χ1) is 16.4. The van der Waals surface area contributed by atoms with Crippen LogP contribution in [0.2, 0.25) is 0 Å². The van der Waals surface area contributed by atoms with Crippen LogP contribution >= 0.6 is 11.8 Å². The van der Waals surface area contributed by atoms with E-state index in [4.69, 9.17) is 0 Å². The molecule has 0 radical (unpaired) electrons. The van der Waals surface area contributed by atoms with Gasteiger partial charge in [-0.25, -0.2) is 5.43 Å². The number of para-hydroxylation sites is 1. The van der Waals surface area contributed by atoms with Crippen LogP contribution < -0.4 is 5.43 Å². The van der Waals surface area contributed by atoms with Crippen LogP contribution in [-0.4, -0.2) is 37.6 Å². The Bertz CT molecular complexity index is 1260. The lowest BCUT2D eigenvalue weighted by Crippen LogP contribution is -2.20. The Morgan fingerprint density at radius 1 is 1.00 bits per heavy atom. The summed E-state index contributed by atoms with van der Waals surface area (Å²) in [6.07, 6.45) is 3.18. The van der Waals surface area contributed by atoms with E-state index in [0.29, 0.717) is 10.9 Å². The van der Waals surface area contributed by atoms with Gasteiger partial charge in [0.05, 0.1) is 17.7 Å². The number of hydrazone groups is 1. The first-order valence-corrected chi connectivity index (χ1v) is 11.9. The van der Waals surface area contributed by atoms with Crippen molar-refractivity contribution >= 4 is 23.9 Å². The zero-order chi connectivity index (χ0) is 24.0. The molecule has 1 N–H and O–H groups in total. The van der Waals surface area contributed by atoms with Gasteiger partial charge in [0.1, 0.15) is 0 Å². The lowest BCUT2D eigenvalue weighted by atomic mass is 9.87. The Labute approximate surface area is 203 Å². The van der Waals surface area contributed by atoms with Gasteiger partial charge in [0.25, 0.3) is 5.91 Å². The molecule has 0 aliphatic heterocycles. The minimum Gasteiger partial charge on any atom is -0.272 e. The molecular weight excluding hydrogens is 444 g/mol. The molecule has 4 aromatic rings. The van der Waals surface area contributed by atoms with E-state index in [1.807, 2.05) is 53.1 Å². The van der Waals surface area contributed by atoms with Crippen LogP contribution in [0, 0.1) is 0 Å². The van der Waals surface area contributed by atoms with Gasteiger partial charge in [0.2, 0.25) is 0 Å². The van der Waals surface area contributed by atoms with Crippen molar-refractivity contribution in [2.24, 2.45) is 5.10 Å². The van der Waals surface area contributed by atoms with Gasteiger partial charge < -0.3 is 0 Å². The van der Waals surface area contributed by atoms with Gasteiger partial charge in [-0.2, -0.15) is 5.10 Å². The van der Waals surface area contributed by atoms with Crippen LogP contribution in [0.1, 0.15) is 32.0 Å². The van der Waals surface area contributed by atoms with E-state index in [-0.39, 0.29) is 17.1 Å². The smallest absolute Gasteiger partial charge is 0.250 e. The van der Waals surface area contributed by atoms with Gasteiger partial charge in [-0.3, -0.25) is 14.3 Å². The Kier molecular flexibility index (Phi) is 7.18. The number of nitrogens with one attached hydrogen (secondary N) is 1. The quantitative estimate of drug-likeness (QED) is 0.237. The fraction of sp³-hybridized carbons (Fsp3) is 0.192. The second kappa shape index (κ2) is 10.4. The van der Waals surface area contributed by atoms with Gasteiger partial charge in [-0.15, -0.1) is 10.2 Å². The van der Waals surface area contributed by atoms with Gasteiger partial charge in [0, 0.05) is 17.4 Å². The molecule has 0 saturated carbocycles. The highest BCUT2D eigenvalue weighted by Gasteiger charge is 2.19. The van der Waals surface area contributed by atoms with Crippen molar-refractivity contribution in [3.8, 4) is 17.1 Å². The molecular formula is C26H26N6OS. The molecule has 2 aromatic carbocycles. The van der Waals surface area contributed by atoms with Crippen molar-refractivity contribution in [2.75, 3.05) is 5.75 Å². The van der Waals surface area contributed by atoms with Gasteiger partial charge in [-0.05, 0) is 35.2 Å². The molecule has 1 amide bonds. The zero-order valence-electron chi connectivity index (χ0n) is 19.3. The molecule has 0 unspecified atom stereocenters. The predicted octanol–water partition coefficient (Wildman–Crippen LogP) is 4.87. The maximum atomic E-state index is 12.3. The summed E-state index contributed by atoms with van der Waals surface area (Å²) in [5.41, 5.74) is 6.41. The molecule has 34 heavy (non-hydrogen) atoms. The number of aromatic nitrogens is 4. The number of pyridine rings is 1. The number of amides is 1. The summed E-state index contributed by atoms with van der Waals surface area (Å²) in [7, 11) is 0. The summed E-state index contributed by atoms with van der Waals surface area (Å²) in [5.74, 6) is 0.631. The molecule has 0 atom stereocenters. The minimum absolute atomic E-state index is 0.0685. The van der Waals surface area contributed by atoms with Crippen molar-refractivity contribution in [2.45, 2.75) is 31.3 Å². The molecule has 0 bridgehead atoms. The molecule has 8 heteroatoms. The molecule has 172 valence electrons. The third-order valence-electron chi connectivity index (χ3n) is 5.06. The number of nitrogens with zero attached hydrogens (tertiary/aromatic N) is 5. The van der Waals surface area contributed by atoms with Crippen LogP contribution in [0.4, 0.5) is 0 Å². The standard InChI is InChI=1S/C26H26N6OS/c1-26(2,3)20-14-12-19(13-15-20)24-30-31-25(32(24)22-10-5-4-6-11-22)34-18-23(33)29-28-17-21-9-7-8-16-27-21/h4-17H,18H2,1-3H3,(H,29,33)/b28-17-. The number of rotatable bonds is 7. The van der Waals surface area contributed by atoms with Crippen molar-refractivity contribution < 1.29 is 4.79 Å². The molecule has 0 saturated heterocycles. The van der Waals surface area contributed by atoms with Crippen molar-refractivity contribution in [3.05, 3.63) is 90.3 Å². The molecule has 2 aromatic heterocycles. The Hall–Kier alpha value is -3.78. The highest BCUT2D eigenvalue weighted by atomic mass is 32.2. The summed E-state index contributed by atoms with van der Waals surface area (Å²) in [6, 6.07) is 23.8. The summed E-state index contributed by atoms with van der Waals surface area (Å²) in [4.78, 5) is 16.5. The van der Waals surface area contributed by atoms with Gasteiger partial charge in [0.15, 0.2) is 11.0 Å². The lowest BCUT2D eigenvalue weighted by Gasteiger charge is -2.19. The van der Waals surface area contributed by atoms with Gasteiger partial charge >= 0.3 is 0 Å². The second-order valence-corrected chi connectivity index (χ2v) is 9.58. The third kappa shape index (κ3) is 5.77. The summed E-state index contributed by atoms with van der Waals surface area (Å²) < 4.78 is 1.97. The van der Waals surface area contributed by atoms with E-state index in [1.54, 1.807) is 6.20 Å². The fourth-order valence-electron chi connectivity index (χ4n) is 3.26. The lowest BCUT2D eigenvalue weighted by molar-refractivity contribution is -0.118. The van der Waals surface area contributed by atoms with Crippen LogP contribution in [0.5, 0.6) is 0 Å². The molecule has 0 aliphatic carbocycles. The van der Waals surface area contributed by atoms with Gasteiger partial charge in [-0.1, -0.05) is 81.1 Å². The molecule has 2 heterocycles. The molecule has 4 rings (SSSR count). The first kappa shape index (κ1) is 23.4. The van der Waals surface area contributed by atoms with E-state index >= 15 is 0 Å². The minimum atomic E-state index is -0.240. The van der Waals surface area contributed by atoms with E-state index in [9.17, 15) is 4.79 Å². The number of thioether (sulfide) groups is 1. The normalized spacial score (nSPS) is 11.6. The third-order valence-corrected chi connectivity index (χ3v) is 5.99. The Morgan fingerprint density at radius 2 is 1.74 bits per heavy atom. The number of hydrogen-bond acceptors (Lipinski definition) is 6. The van der Waals surface area contributed by atoms with Crippen LogP contribution in [0.15, 0.2) is 89.3 Å². The van der Waals surface area contributed by atoms with E-state index < -0.39 is 0 Å². The molecule has 0 aliphatic rings. The zero-order valence-corrected chi connectivity index (χ0v) is 20.2.